The average molecular weight is 364 g/mol. The van der Waals surface area contributed by atoms with Gasteiger partial charge in [0.1, 0.15) is 4.47 Å². The van der Waals surface area contributed by atoms with E-state index >= 15 is 0 Å². The second-order valence-electron chi connectivity index (χ2n) is 4.30. The van der Waals surface area contributed by atoms with Crippen LogP contribution >= 0.6 is 15.9 Å². The molecular formula is C11H14BrN3O4S. The van der Waals surface area contributed by atoms with Crippen LogP contribution in [0.1, 0.15) is 0 Å². The normalized spacial score (nSPS) is 20.2. The van der Waals surface area contributed by atoms with Crippen LogP contribution in [0.4, 0.5) is 5.69 Å². The Bertz CT molecular complexity index is 683. The van der Waals surface area contributed by atoms with Crippen molar-refractivity contribution >= 4 is 31.5 Å². The van der Waals surface area contributed by atoms with Gasteiger partial charge in [0.15, 0.2) is 9.84 Å². The van der Waals surface area contributed by atoms with Gasteiger partial charge in [0.25, 0.3) is 5.56 Å². The number of nitrogens with one attached hydrogen (secondary N) is 1. The van der Waals surface area contributed by atoms with Crippen molar-refractivity contribution < 1.29 is 13.2 Å². The fourth-order valence-corrected chi connectivity index (χ4v) is 3.42. The highest BCUT2D eigenvalue weighted by Crippen LogP contribution is 2.20. The Hall–Kier alpha value is -1.19. The van der Waals surface area contributed by atoms with Crippen molar-refractivity contribution in [1.29, 1.82) is 0 Å². The van der Waals surface area contributed by atoms with E-state index in [0.29, 0.717) is 23.3 Å². The van der Waals surface area contributed by atoms with Gasteiger partial charge in [0.05, 0.1) is 36.8 Å². The number of hydrogen-bond donors (Lipinski definition) is 1. The first kappa shape index (κ1) is 15.2. The Morgan fingerprint density at radius 3 is 2.95 bits per heavy atom. The molecule has 1 atom stereocenters. The summed E-state index contributed by atoms with van der Waals surface area (Å²) in [6, 6.07) is -0.354. The molecule has 1 aromatic rings. The van der Waals surface area contributed by atoms with Gasteiger partial charge >= 0.3 is 0 Å². The van der Waals surface area contributed by atoms with Gasteiger partial charge in [-0.1, -0.05) is 6.08 Å². The third-order valence-electron chi connectivity index (χ3n) is 2.76. The molecule has 0 aromatic carbocycles. The maximum Gasteiger partial charge on any atom is 0.283 e. The average Bonchev–Trinajstić information content (AvgIpc) is 2.74. The first-order valence-corrected chi connectivity index (χ1v) is 8.36. The number of ether oxygens (including phenoxy) is 1. The number of nitrogens with zero attached hydrogens (tertiary/aromatic N) is 2. The first-order chi connectivity index (χ1) is 9.43. The molecule has 110 valence electrons. The van der Waals surface area contributed by atoms with Crippen molar-refractivity contribution in [3.8, 4) is 0 Å². The molecule has 1 N–H and O–H groups in total. The lowest BCUT2D eigenvalue weighted by Gasteiger charge is -2.13. The predicted molar refractivity (Wildman–Crippen MR) is 78.4 cm³/mol. The highest BCUT2D eigenvalue weighted by molar-refractivity contribution is 9.10. The Morgan fingerprint density at radius 1 is 1.60 bits per heavy atom. The quantitative estimate of drug-likeness (QED) is 0.812. The maximum absolute atomic E-state index is 12.0. The van der Waals surface area contributed by atoms with E-state index in [4.69, 9.17) is 4.74 Å². The second kappa shape index (κ2) is 6.06. The van der Waals surface area contributed by atoms with Gasteiger partial charge in [-0.25, -0.2) is 13.1 Å². The van der Waals surface area contributed by atoms with E-state index in [9.17, 15) is 13.2 Å². The number of anilines is 1. The van der Waals surface area contributed by atoms with Crippen molar-refractivity contribution in [2.45, 2.75) is 12.6 Å². The monoisotopic (exact) mass is 363 g/mol. The molecule has 1 aliphatic heterocycles. The van der Waals surface area contributed by atoms with Crippen LogP contribution in [0.25, 0.3) is 0 Å². The van der Waals surface area contributed by atoms with E-state index in [-0.39, 0.29) is 17.4 Å². The number of methoxy groups -OCH3 is 1. The highest BCUT2D eigenvalue weighted by Gasteiger charge is 2.22. The van der Waals surface area contributed by atoms with Crippen LogP contribution in [0.15, 0.2) is 26.9 Å². The lowest BCUT2D eigenvalue weighted by molar-refractivity contribution is 0.181. The minimum atomic E-state index is -3.14. The SMILES string of the molecule is COCCn1ncc(NC2C=CS(=O)(=O)C2)c(Br)c1=O. The number of rotatable bonds is 5. The summed E-state index contributed by atoms with van der Waals surface area (Å²) in [7, 11) is -1.59. The fraction of sp³-hybridized carbons (Fsp3) is 0.455. The molecule has 20 heavy (non-hydrogen) atoms. The van der Waals surface area contributed by atoms with Crippen LogP contribution in [-0.2, 0) is 21.1 Å². The summed E-state index contributed by atoms with van der Waals surface area (Å²) < 4.78 is 29.1. The molecule has 9 heteroatoms. The Labute approximate surface area is 124 Å². The molecule has 0 aliphatic carbocycles. The zero-order valence-corrected chi connectivity index (χ0v) is 13.1. The van der Waals surface area contributed by atoms with Crippen LogP contribution in [0, 0.1) is 0 Å². The summed E-state index contributed by atoms with van der Waals surface area (Å²) in [6.07, 6.45) is 3.04. The number of sulfone groups is 1. The first-order valence-electron chi connectivity index (χ1n) is 5.85. The Morgan fingerprint density at radius 2 is 2.35 bits per heavy atom. The lowest BCUT2D eigenvalue weighted by atomic mass is 10.3. The summed E-state index contributed by atoms with van der Waals surface area (Å²) in [5, 5.41) is 8.15. The van der Waals surface area contributed by atoms with E-state index in [1.165, 1.54) is 16.3 Å². The Kier molecular flexibility index (Phi) is 4.61. The molecular weight excluding hydrogens is 350 g/mol. The molecule has 0 saturated carbocycles. The van der Waals surface area contributed by atoms with Crippen molar-refractivity contribution in [2.24, 2.45) is 0 Å². The topological polar surface area (TPSA) is 90.3 Å². The number of hydrogen-bond acceptors (Lipinski definition) is 6. The van der Waals surface area contributed by atoms with Gasteiger partial charge in [-0.2, -0.15) is 5.10 Å². The van der Waals surface area contributed by atoms with E-state index in [1.807, 2.05) is 0 Å². The largest absolute Gasteiger partial charge is 0.383 e. The second-order valence-corrected chi connectivity index (χ2v) is 7.03. The summed E-state index contributed by atoms with van der Waals surface area (Å²) in [5.41, 5.74) is 0.173. The predicted octanol–water partition coefficient (Wildman–Crippen LogP) is 0.375. The van der Waals surface area contributed by atoms with Gasteiger partial charge in [0.2, 0.25) is 0 Å². The molecule has 7 nitrogen and oxygen atoms in total. The van der Waals surface area contributed by atoms with Crippen molar-refractivity contribution in [3.63, 3.8) is 0 Å². The van der Waals surface area contributed by atoms with Crippen LogP contribution in [-0.4, -0.2) is 43.7 Å². The molecule has 1 unspecified atom stereocenters. The van der Waals surface area contributed by atoms with E-state index in [0.717, 1.165) is 0 Å². The minimum Gasteiger partial charge on any atom is -0.383 e. The van der Waals surface area contributed by atoms with Gasteiger partial charge in [-0.15, -0.1) is 0 Å². The molecule has 0 spiro atoms. The molecule has 2 rings (SSSR count). The van der Waals surface area contributed by atoms with Crippen molar-refractivity contribution in [3.05, 3.63) is 32.5 Å². The minimum absolute atomic E-state index is 0.0216. The van der Waals surface area contributed by atoms with Crippen LogP contribution in [0.2, 0.25) is 0 Å². The molecule has 1 aromatic heterocycles. The third-order valence-corrected chi connectivity index (χ3v) is 4.92. The highest BCUT2D eigenvalue weighted by atomic mass is 79.9. The van der Waals surface area contributed by atoms with Crippen LogP contribution in [0.5, 0.6) is 0 Å². The van der Waals surface area contributed by atoms with E-state index in [2.05, 4.69) is 26.3 Å². The molecule has 0 saturated heterocycles. The molecule has 0 radical (unpaired) electrons. The number of aromatic nitrogens is 2. The summed E-state index contributed by atoms with van der Waals surface area (Å²) >= 11 is 3.21. The zero-order chi connectivity index (χ0) is 14.8. The molecule has 0 amide bonds. The summed E-state index contributed by atoms with van der Waals surface area (Å²) in [4.78, 5) is 12.0. The number of halogens is 1. The zero-order valence-electron chi connectivity index (χ0n) is 10.7. The van der Waals surface area contributed by atoms with Gasteiger partial charge < -0.3 is 10.1 Å². The fourth-order valence-electron chi connectivity index (χ4n) is 1.77. The van der Waals surface area contributed by atoms with Gasteiger partial charge in [-0.05, 0) is 15.9 Å². The summed E-state index contributed by atoms with van der Waals surface area (Å²) in [5.74, 6) is -0.0216. The Balaban J connectivity index is 2.16. The van der Waals surface area contributed by atoms with Crippen molar-refractivity contribution in [1.82, 2.24) is 9.78 Å². The van der Waals surface area contributed by atoms with Crippen LogP contribution < -0.4 is 10.9 Å². The molecule has 0 fully saturated rings. The van der Waals surface area contributed by atoms with Crippen LogP contribution in [0.3, 0.4) is 0 Å². The summed E-state index contributed by atoms with van der Waals surface area (Å²) in [6.45, 7) is 0.738. The van der Waals surface area contributed by atoms with Gasteiger partial charge in [-0.3, -0.25) is 4.79 Å². The molecule has 2 heterocycles. The van der Waals surface area contributed by atoms with E-state index in [1.54, 1.807) is 13.2 Å². The maximum atomic E-state index is 12.0. The lowest BCUT2D eigenvalue weighted by Crippen LogP contribution is -2.28. The smallest absolute Gasteiger partial charge is 0.283 e. The third kappa shape index (κ3) is 3.47. The molecule has 1 aliphatic rings. The van der Waals surface area contributed by atoms with Gasteiger partial charge in [0, 0.05) is 12.5 Å². The van der Waals surface area contributed by atoms with Crippen molar-refractivity contribution in [2.75, 3.05) is 24.8 Å². The van der Waals surface area contributed by atoms with E-state index < -0.39 is 9.84 Å². The molecule has 0 bridgehead atoms. The standard InChI is InChI=1S/C11H14BrN3O4S/c1-19-4-3-15-11(16)10(12)9(6-13-15)14-8-2-5-20(17,18)7-8/h2,5-6,8,14H,3-4,7H2,1H3.